The first-order valence-corrected chi connectivity index (χ1v) is 12.4. The van der Waals surface area contributed by atoms with Crippen molar-refractivity contribution in [3.63, 3.8) is 0 Å². The van der Waals surface area contributed by atoms with E-state index in [1.807, 2.05) is 0 Å². The summed E-state index contributed by atoms with van der Waals surface area (Å²) in [5.41, 5.74) is 2.18. The number of anilines is 1. The maximum absolute atomic E-state index is 13.6. The highest BCUT2D eigenvalue weighted by molar-refractivity contribution is 6.43. The van der Waals surface area contributed by atoms with Crippen molar-refractivity contribution in [2.45, 2.75) is 65.5 Å². The second-order valence-corrected chi connectivity index (χ2v) is 9.30. The topological polar surface area (TPSA) is 116 Å². The molecule has 1 saturated carbocycles. The summed E-state index contributed by atoms with van der Waals surface area (Å²) >= 11 is 0. The van der Waals surface area contributed by atoms with Gasteiger partial charge in [0.05, 0.1) is 24.0 Å². The predicted molar refractivity (Wildman–Crippen MR) is 135 cm³/mol. The van der Waals surface area contributed by atoms with E-state index in [1.54, 1.807) is 39.3 Å². The molecule has 0 unspecified atom stereocenters. The number of halogens is 1. The molecule has 0 atom stereocenters. The van der Waals surface area contributed by atoms with Crippen LogP contribution in [0.3, 0.4) is 0 Å². The zero-order chi connectivity index (χ0) is 27.3. The number of hydrogen-bond acceptors (Lipinski definition) is 6. The highest BCUT2D eigenvalue weighted by atomic mass is 19.1. The van der Waals surface area contributed by atoms with Crippen molar-refractivity contribution in [3.8, 4) is 0 Å². The molecule has 0 aliphatic heterocycles. The quantitative estimate of drug-likeness (QED) is 0.300. The average Bonchev–Trinajstić information content (AvgIpc) is 3.08. The van der Waals surface area contributed by atoms with Crippen molar-refractivity contribution >= 4 is 29.3 Å². The lowest BCUT2D eigenvalue weighted by Gasteiger charge is -2.28. The van der Waals surface area contributed by atoms with Crippen molar-refractivity contribution in [1.29, 1.82) is 0 Å². The molecule has 37 heavy (non-hydrogen) atoms. The van der Waals surface area contributed by atoms with E-state index in [0.717, 1.165) is 0 Å². The number of carbonyl (C=O) groups is 4. The zero-order valence-electron chi connectivity index (χ0n) is 21.9. The SMILES string of the molecule is CCOC(=O)COC1CCC(NC(=O)C(=O)c2c(C)c(C(=O)Nc3ccc(F)c(C)c3)c(C)n2C)CC1. The third kappa shape index (κ3) is 6.62. The fraction of sp³-hybridized carbons (Fsp3) is 0.481. The van der Waals surface area contributed by atoms with Gasteiger partial charge in [0.25, 0.3) is 17.6 Å². The van der Waals surface area contributed by atoms with Gasteiger partial charge in [0.1, 0.15) is 12.4 Å². The van der Waals surface area contributed by atoms with Gasteiger partial charge < -0.3 is 24.7 Å². The van der Waals surface area contributed by atoms with Gasteiger partial charge in [-0.3, -0.25) is 14.4 Å². The molecule has 1 heterocycles. The number of nitrogens with one attached hydrogen (secondary N) is 2. The summed E-state index contributed by atoms with van der Waals surface area (Å²) in [5.74, 6) is -2.68. The van der Waals surface area contributed by atoms with E-state index in [2.05, 4.69) is 10.6 Å². The minimum absolute atomic E-state index is 0.100. The number of benzene rings is 1. The molecule has 2 aromatic rings. The third-order valence-electron chi connectivity index (χ3n) is 6.75. The fourth-order valence-electron chi connectivity index (χ4n) is 4.67. The van der Waals surface area contributed by atoms with Gasteiger partial charge in [0.2, 0.25) is 0 Å². The van der Waals surface area contributed by atoms with E-state index in [1.165, 1.54) is 18.2 Å². The summed E-state index contributed by atoms with van der Waals surface area (Å²) in [4.78, 5) is 50.4. The largest absolute Gasteiger partial charge is 0.464 e. The molecule has 1 aromatic heterocycles. The number of aromatic nitrogens is 1. The fourth-order valence-corrected chi connectivity index (χ4v) is 4.67. The number of ether oxygens (including phenoxy) is 2. The first kappa shape index (κ1) is 28.0. The Balaban J connectivity index is 1.63. The number of rotatable bonds is 9. The molecule has 1 aliphatic carbocycles. The number of esters is 1. The van der Waals surface area contributed by atoms with Crippen LogP contribution in [-0.4, -0.2) is 53.5 Å². The second kappa shape index (κ2) is 12.1. The Labute approximate surface area is 215 Å². The molecule has 3 rings (SSSR count). The molecule has 0 bridgehead atoms. The Morgan fingerprint density at radius 2 is 1.76 bits per heavy atom. The van der Waals surface area contributed by atoms with Crippen molar-refractivity contribution in [3.05, 3.63) is 52.1 Å². The highest BCUT2D eigenvalue weighted by Gasteiger charge is 2.31. The van der Waals surface area contributed by atoms with Crippen LogP contribution in [0.4, 0.5) is 10.1 Å². The maximum Gasteiger partial charge on any atom is 0.332 e. The van der Waals surface area contributed by atoms with Crippen molar-refractivity contribution in [1.82, 2.24) is 9.88 Å². The number of carbonyl (C=O) groups excluding carboxylic acids is 4. The third-order valence-corrected chi connectivity index (χ3v) is 6.75. The van der Waals surface area contributed by atoms with Crippen LogP contribution in [0.1, 0.15) is 70.3 Å². The summed E-state index contributed by atoms with van der Waals surface area (Å²) in [5, 5.41) is 5.54. The monoisotopic (exact) mass is 515 g/mol. The normalized spacial score (nSPS) is 17.2. The molecular weight excluding hydrogens is 481 g/mol. The van der Waals surface area contributed by atoms with Crippen molar-refractivity contribution in [2.24, 2.45) is 7.05 Å². The van der Waals surface area contributed by atoms with E-state index >= 15 is 0 Å². The molecule has 2 N–H and O–H groups in total. The van der Waals surface area contributed by atoms with Gasteiger partial charge in [-0.25, -0.2) is 9.18 Å². The van der Waals surface area contributed by atoms with Crippen LogP contribution in [0.15, 0.2) is 18.2 Å². The minimum atomic E-state index is -0.735. The smallest absolute Gasteiger partial charge is 0.332 e. The Kier molecular flexibility index (Phi) is 9.20. The van der Waals surface area contributed by atoms with Crippen LogP contribution in [0.2, 0.25) is 0 Å². The molecule has 0 radical (unpaired) electrons. The van der Waals surface area contributed by atoms with Gasteiger partial charge in [0.15, 0.2) is 0 Å². The van der Waals surface area contributed by atoms with Gasteiger partial charge in [-0.1, -0.05) is 0 Å². The molecule has 2 amide bonds. The van der Waals surface area contributed by atoms with Gasteiger partial charge in [-0.05, 0) is 82.7 Å². The molecule has 1 fully saturated rings. The van der Waals surface area contributed by atoms with Crippen LogP contribution in [0, 0.1) is 26.6 Å². The predicted octanol–water partition coefficient (Wildman–Crippen LogP) is 3.53. The van der Waals surface area contributed by atoms with Crippen molar-refractivity contribution in [2.75, 3.05) is 18.5 Å². The number of ketones is 1. The van der Waals surface area contributed by atoms with Gasteiger partial charge in [-0.2, -0.15) is 0 Å². The second-order valence-electron chi connectivity index (χ2n) is 9.30. The highest BCUT2D eigenvalue weighted by Crippen LogP contribution is 2.25. The average molecular weight is 516 g/mol. The molecule has 1 aliphatic rings. The summed E-state index contributed by atoms with van der Waals surface area (Å²) in [6, 6.07) is 4.07. The number of amides is 2. The zero-order valence-corrected chi connectivity index (χ0v) is 21.9. The Hall–Kier alpha value is -3.53. The Morgan fingerprint density at radius 3 is 2.38 bits per heavy atom. The molecule has 200 valence electrons. The number of nitrogens with zero attached hydrogens (tertiary/aromatic N) is 1. The maximum atomic E-state index is 13.6. The van der Waals surface area contributed by atoms with Crippen molar-refractivity contribution < 1.29 is 33.0 Å². The van der Waals surface area contributed by atoms with Gasteiger partial charge >= 0.3 is 5.97 Å². The minimum Gasteiger partial charge on any atom is -0.464 e. The summed E-state index contributed by atoms with van der Waals surface area (Å²) in [6.07, 6.45) is 2.42. The Morgan fingerprint density at radius 1 is 1.08 bits per heavy atom. The van der Waals surface area contributed by atoms with E-state index in [0.29, 0.717) is 60.4 Å². The Bertz CT molecular complexity index is 1200. The number of Topliss-reactive ketones (excluding diaryl/α,β-unsaturated/α-hetero) is 1. The van der Waals surface area contributed by atoms with E-state index in [9.17, 15) is 23.6 Å². The standard InChI is InChI=1S/C27H34FN3O6/c1-6-36-22(32)14-37-20-10-7-18(8-11-20)29-27(35)25(33)24-16(3)23(17(4)31(24)5)26(34)30-19-9-12-21(28)15(2)13-19/h9,12-13,18,20H,6-8,10-11,14H2,1-5H3,(H,29,35)(H,30,34). The summed E-state index contributed by atoms with van der Waals surface area (Å²) < 4.78 is 25.6. The summed E-state index contributed by atoms with van der Waals surface area (Å²) in [7, 11) is 1.63. The lowest BCUT2D eigenvalue weighted by Crippen LogP contribution is -2.43. The van der Waals surface area contributed by atoms with E-state index in [4.69, 9.17) is 9.47 Å². The molecule has 10 heteroatoms. The molecule has 0 spiro atoms. The van der Waals surface area contributed by atoms with Crippen LogP contribution in [0.25, 0.3) is 0 Å². The lowest BCUT2D eigenvalue weighted by molar-refractivity contribution is -0.151. The number of hydrogen-bond donors (Lipinski definition) is 2. The molecule has 0 saturated heterocycles. The van der Waals surface area contributed by atoms with E-state index in [-0.39, 0.29) is 30.3 Å². The molecule has 9 nitrogen and oxygen atoms in total. The molecule has 1 aromatic carbocycles. The van der Waals surface area contributed by atoms with E-state index < -0.39 is 23.6 Å². The van der Waals surface area contributed by atoms with Gasteiger partial charge in [0, 0.05) is 24.5 Å². The van der Waals surface area contributed by atoms with Gasteiger partial charge in [-0.15, -0.1) is 0 Å². The lowest BCUT2D eigenvalue weighted by atomic mass is 9.92. The number of aryl methyl sites for hydroxylation is 1. The van der Waals surface area contributed by atoms with Crippen LogP contribution in [-0.2, 0) is 26.1 Å². The first-order chi connectivity index (χ1) is 17.5. The van der Waals surface area contributed by atoms with Crippen LogP contribution >= 0.6 is 0 Å². The van der Waals surface area contributed by atoms with Crippen LogP contribution in [0.5, 0.6) is 0 Å². The molecular formula is C27H34FN3O6. The first-order valence-electron chi connectivity index (χ1n) is 12.4. The van der Waals surface area contributed by atoms with Crippen LogP contribution < -0.4 is 10.6 Å². The summed E-state index contributed by atoms with van der Waals surface area (Å²) in [6.45, 7) is 6.86.